The highest BCUT2D eigenvalue weighted by Gasteiger charge is 2.38. The summed E-state index contributed by atoms with van der Waals surface area (Å²) in [4.78, 5) is 24.5. The zero-order chi connectivity index (χ0) is 32.0. The van der Waals surface area contributed by atoms with Crippen LogP contribution in [-0.2, 0) is 32.5 Å². The first-order valence-electron chi connectivity index (χ1n) is 16.1. The Balaban J connectivity index is 1.44. The molecule has 9 nitrogen and oxygen atoms in total. The van der Waals surface area contributed by atoms with Gasteiger partial charge in [-0.2, -0.15) is 10.6 Å². The third-order valence-corrected chi connectivity index (χ3v) is 11.0. The Kier molecular flexibility index (Phi) is 10.6. The van der Waals surface area contributed by atoms with Crippen molar-refractivity contribution in [2.75, 3.05) is 30.5 Å². The van der Waals surface area contributed by atoms with E-state index in [1.807, 2.05) is 25.1 Å². The molecule has 3 aliphatic rings. The van der Waals surface area contributed by atoms with Gasteiger partial charge >= 0.3 is 0 Å². The van der Waals surface area contributed by atoms with Crippen LogP contribution in [0.4, 0.5) is 11.6 Å². The van der Waals surface area contributed by atoms with Gasteiger partial charge in [-0.05, 0) is 109 Å². The topological polar surface area (TPSA) is 106 Å². The summed E-state index contributed by atoms with van der Waals surface area (Å²) in [5.41, 5.74) is 3.64. The molecule has 2 aliphatic heterocycles. The Morgan fingerprint density at radius 2 is 1.93 bits per heavy atom. The van der Waals surface area contributed by atoms with Gasteiger partial charge in [0.25, 0.3) is 5.91 Å². The normalized spacial score (nSPS) is 26.6. The van der Waals surface area contributed by atoms with Crippen molar-refractivity contribution in [3.8, 4) is 5.75 Å². The van der Waals surface area contributed by atoms with Crippen LogP contribution in [0.5, 0.6) is 5.75 Å². The number of aromatic nitrogens is 2. The summed E-state index contributed by atoms with van der Waals surface area (Å²) in [7, 11) is -0.149. The minimum Gasteiger partial charge on any atom is -0.491 e. The molecule has 2 bridgehead atoms. The lowest BCUT2D eigenvalue weighted by molar-refractivity contribution is 0.0133. The highest BCUT2D eigenvalue weighted by molar-refractivity contribution is 7.76. The number of carbonyl (C=O) groups excluding carboxylic acids is 1. The van der Waals surface area contributed by atoms with Gasteiger partial charge < -0.3 is 28.3 Å². The molecule has 1 saturated carbocycles. The Morgan fingerprint density at radius 3 is 2.72 bits per heavy atom. The van der Waals surface area contributed by atoms with E-state index in [-0.39, 0.29) is 12.0 Å². The predicted octanol–water partition coefficient (Wildman–Crippen LogP) is 7.21. The quantitative estimate of drug-likeness (QED) is 0.232. The van der Waals surface area contributed by atoms with E-state index in [9.17, 15) is 9.00 Å². The highest BCUT2D eigenvalue weighted by atomic mass is 35.5. The number of aryl methyl sites for hydroxylation is 1. The Bertz CT molecular complexity index is 1650. The van der Waals surface area contributed by atoms with E-state index < -0.39 is 21.9 Å². The van der Waals surface area contributed by atoms with E-state index in [4.69, 9.17) is 21.1 Å². The fourth-order valence-corrected chi connectivity index (χ4v) is 7.91. The summed E-state index contributed by atoms with van der Waals surface area (Å²) in [6.07, 6.45) is 13.0. The highest BCUT2D eigenvalue weighted by Crippen LogP contribution is 2.42. The van der Waals surface area contributed by atoms with E-state index >= 15 is 0 Å². The summed E-state index contributed by atoms with van der Waals surface area (Å²) in [5, 5.41) is 3.21. The van der Waals surface area contributed by atoms with Crippen LogP contribution in [0.3, 0.4) is 0 Å². The molecule has 1 aromatic heterocycles. The van der Waals surface area contributed by atoms with Crippen molar-refractivity contribution in [3.63, 3.8) is 0 Å². The second-order valence-electron chi connectivity index (χ2n) is 12.4. The number of methoxy groups -OCH3 is 1. The lowest BCUT2D eigenvalue weighted by Gasteiger charge is -2.43. The molecule has 1 N–H and O–H groups in total. The van der Waals surface area contributed by atoms with Gasteiger partial charge in [0.1, 0.15) is 5.75 Å². The van der Waals surface area contributed by atoms with Crippen molar-refractivity contribution >= 4 is 39.7 Å². The number of fused-ring (bicyclic) bond motifs is 3. The number of allylic oxidation sites excluding steroid dienone is 1. The van der Waals surface area contributed by atoms with Gasteiger partial charge in [0.2, 0.25) is 5.95 Å². The van der Waals surface area contributed by atoms with Crippen molar-refractivity contribution in [1.82, 2.24) is 9.97 Å². The average Bonchev–Trinajstić information content (AvgIpc) is 3.07. The van der Waals surface area contributed by atoms with Crippen molar-refractivity contribution in [1.29, 1.82) is 0 Å². The summed E-state index contributed by atoms with van der Waals surface area (Å²) in [5.74, 6) is 1.10. The zero-order valence-electron chi connectivity index (χ0n) is 26.3. The number of anilines is 2. The van der Waals surface area contributed by atoms with Crippen molar-refractivity contribution in [2.45, 2.75) is 63.5 Å². The zero-order valence-corrected chi connectivity index (χ0v) is 27.9. The number of benzene rings is 2. The third-order valence-electron chi connectivity index (χ3n) is 9.38. The molecule has 0 spiro atoms. The number of ether oxygens (including phenoxy) is 2. The van der Waals surface area contributed by atoms with Gasteiger partial charge in [-0.3, -0.25) is 4.79 Å². The average molecular weight is 663 g/mol. The fourth-order valence-electron chi connectivity index (χ4n) is 6.62. The molecule has 3 aromatic rings. The third kappa shape index (κ3) is 7.56. The second-order valence-corrected chi connectivity index (χ2v) is 14.1. The molecule has 6 rings (SSSR count). The van der Waals surface area contributed by atoms with Gasteiger partial charge in [0.15, 0.2) is 0 Å². The number of hydrogen-bond acceptors (Lipinski definition) is 9. The largest absolute Gasteiger partial charge is 0.491 e. The number of carbonyl (C=O) groups is 1. The molecule has 3 heterocycles. The molecule has 1 unspecified atom stereocenters. The SMILES string of the molecule is CO[C@H]1/C=C/C[C@H](C)C(Nc2ncccn2)[S-](=O)=NC(=O)c2ccc3c(c2)N(Cc2ccc(Cl)cc2CCCCO3)C[C@@H]2CC[C@H]21. The first-order valence-corrected chi connectivity index (χ1v) is 17.6. The maximum absolute atomic E-state index is 13.7. The van der Waals surface area contributed by atoms with Crippen LogP contribution in [0.15, 0.2) is 71.4 Å². The molecule has 244 valence electrons. The predicted molar refractivity (Wildman–Crippen MR) is 182 cm³/mol. The van der Waals surface area contributed by atoms with Crippen LogP contribution >= 0.6 is 11.6 Å². The Labute approximate surface area is 278 Å². The first kappa shape index (κ1) is 32.5. The van der Waals surface area contributed by atoms with E-state index in [0.717, 1.165) is 55.1 Å². The smallest absolute Gasteiger partial charge is 0.254 e. The minimum absolute atomic E-state index is 0.0448. The van der Waals surface area contributed by atoms with Crippen LogP contribution in [0.25, 0.3) is 0 Å². The standard InChI is InChI=1S/C35H41ClN5O4S/c1-23-7-5-9-31(44-2)29-14-11-27(29)22-41-21-26-10-13-28(36)19-24(26)8-3-4-18-45-32-15-12-25(20-30(32)41)33(42)40-46(43)34(23)39-35-37-16-6-17-38-35/h5-6,9-10,12-13,15-17,19-20,23,27,29,31,34H,3-4,7-8,11,14,18,21-22H2,1-2H3,(H,37,38,39)/q-1/b9-5+/t23-,27-,29+,31-,34?/m0/s1. The molecule has 0 saturated heterocycles. The van der Waals surface area contributed by atoms with Gasteiger partial charge in [-0.25, -0.2) is 9.97 Å². The summed E-state index contributed by atoms with van der Waals surface area (Å²) < 4.78 is 30.3. The first-order chi connectivity index (χ1) is 22.4. The molecule has 0 radical (unpaired) electrons. The van der Waals surface area contributed by atoms with E-state index in [1.165, 1.54) is 11.1 Å². The summed E-state index contributed by atoms with van der Waals surface area (Å²) >= 11 is 6.44. The van der Waals surface area contributed by atoms with E-state index in [2.05, 4.69) is 48.8 Å². The molecule has 1 amide bonds. The molecule has 5 atom stereocenters. The van der Waals surface area contributed by atoms with Crippen molar-refractivity contribution < 1.29 is 18.5 Å². The lowest BCUT2D eigenvalue weighted by atomic mass is 9.70. The van der Waals surface area contributed by atoms with Crippen LogP contribution in [-0.4, -0.2) is 47.6 Å². The Hall–Kier alpha value is -3.47. The molecule has 1 aliphatic carbocycles. The van der Waals surface area contributed by atoms with Gasteiger partial charge in [-0.1, -0.05) is 36.7 Å². The second kappa shape index (κ2) is 15.0. The molecule has 2 aromatic carbocycles. The Morgan fingerprint density at radius 1 is 1.09 bits per heavy atom. The minimum atomic E-state index is -1.92. The number of halogens is 1. The van der Waals surface area contributed by atoms with E-state index in [1.54, 1.807) is 31.6 Å². The number of rotatable bonds is 3. The molecule has 46 heavy (non-hydrogen) atoms. The monoisotopic (exact) mass is 662 g/mol. The molecule has 11 heteroatoms. The van der Waals surface area contributed by atoms with Crippen molar-refractivity contribution in [2.24, 2.45) is 22.1 Å². The molecular formula is C35H41ClN5O4S-. The van der Waals surface area contributed by atoms with Crippen molar-refractivity contribution in [3.05, 3.63) is 88.7 Å². The maximum Gasteiger partial charge on any atom is 0.254 e. The van der Waals surface area contributed by atoms with Crippen LogP contribution in [0.2, 0.25) is 5.02 Å². The summed E-state index contributed by atoms with van der Waals surface area (Å²) in [6, 6.07) is 13.3. The number of amides is 1. The molecular weight excluding hydrogens is 622 g/mol. The lowest BCUT2D eigenvalue weighted by Crippen LogP contribution is -2.43. The van der Waals surface area contributed by atoms with Crippen LogP contribution in [0.1, 0.15) is 60.5 Å². The number of nitrogens with zero attached hydrogens (tertiary/aromatic N) is 4. The van der Waals surface area contributed by atoms with Gasteiger partial charge in [0.05, 0.1) is 18.4 Å². The van der Waals surface area contributed by atoms with Crippen LogP contribution in [0, 0.1) is 17.8 Å². The number of hydrogen-bond donors (Lipinski definition) is 1. The summed E-state index contributed by atoms with van der Waals surface area (Å²) in [6.45, 7) is 3.96. The maximum atomic E-state index is 13.7. The van der Waals surface area contributed by atoms with Gasteiger partial charge in [-0.15, -0.1) is 0 Å². The fraction of sp³-hybridized carbons (Fsp3) is 0.457. The van der Waals surface area contributed by atoms with E-state index in [0.29, 0.717) is 42.9 Å². The van der Waals surface area contributed by atoms with Crippen LogP contribution < -0.4 is 15.0 Å². The van der Waals surface area contributed by atoms with Gasteiger partial charge in [0, 0.05) is 43.2 Å². The number of nitrogens with one attached hydrogen (secondary N) is 1. The molecule has 1 fully saturated rings.